The molecule has 0 aliphatic carbocycles. The molecule has 2 N–H and O–H groups in total. The minimum absolute atomic E-state index is 0.0625. The maximum Gasteiger partial charge on any atom is 0.265 e. The van der Waals surface area contributed by atoms with Gasteiger partial charge in [0.05, 0.1) is 20.9 Å². The molecule has 1 aliphatic heterocycles. The fourth-order valence-corrected chi connectivity index (χ4v) is 3.95. The molecule has 4 rings (SSSR count). The molecule has 0 saturated carbocycles. The van der Waals surface area contributed by atoms with Crippen LogP contribution < -0.4 is 15.4 Å². The molecular formula is C20H19N3O3S. The monoisotopic (exact) mass is 381 g/mol. The van der Waals surface area contributed by atoms with E-state index in [-0.39, 0.29) is 11.8 Å². The van der Waals surface area contributed by atoms with Gasteiger partial charge in [-0.2, -0.15) is 0 Å². The first-order valence-corrected chi connectivity index (χ1v) is 9.66. The number of benzene rings is 2. The number of nitrogens with zero attached hydrogens (tertiary/aromatic N) is 1. The molecular weight excluding hydrogens is 362 g/mol. The van der Waals surface area contributed by atoms with Crippen LogP contribution in [0.15, 0.2) is 42.5 Å². The molecule has 0 saturated heterocycles. The molecule has 138 valence electrons. The van der Waals surface area contributed by atoms with Crippen LogP contribution >= 0.6 is 11.3 Å². The van der Waals surface area contributed by atoms with Crippen molar-refractivity contribution >= 4 is 44.7 Å². The molecule has 0 radical (unpaired) electrons. The molecule has 0 fully saturated rings. The summed E-state index contributed by atoms with van der Waals surface area (Å²) in [7, 11) is 0. The fourth-order valence-electron chi connectivity index (χ4n) is 2.94. The van der Waals surface area contributed by atoms with Crippen LogP contribution in [0.5, 0.6) is 5.75 Å². The summed E-state index contributed by atoms with van der Waals surface area (Å²) in [6, 6.07) is 13.3. The van der Waals surface area contributed by atoms with Crippen LogP contribution in [-0.2, 0) is 16.0 Å². The highest BCUT2D eigenvalue weighted by Crippen LogP contribution is 2.32. The van der Waals surface area contributed by atoms with Crippen LogP contribution in [0.25, 0.3) is 10.2 Å². The number of carbonyl (C=O) groups is 2. The van der Waals surface area contributed by atoms with E-state index in [0.717, 1.165) is 23.4 Å². The van der Waals surface area contributed by atoms with Crippen molar-refractivity contribution < 1.29 is 14.3 Å². The molecule has 0 bridgehead atoms. The highest BCUT2D eigenvalue weighted by molar-refractivity contribution is 7.18. The summed E-state index contributed by atoms with van der Waals surface area (Å²) in [4.78, 5) is 28.5. The number of ether oxygens (including phenoxy) is 1. The number of aromatic nitrogens is 1. The molecule has 7 heteroatoms. The summed E-state index contributed by atoms with van der Waals surface area (Å²) >= 11 is 1.67. The standard InChI is InChI=1S/C20H19N3O3S/c1-12-20(25)23-15-11-13(9-10-16(15)26-12)21-18(24)7-4-8-19-22-14-5-2-3-6-17(14)27-19/h2-3,5-6,9-12H,4,7-8H2,1H3,(H,21,24)(H,23,25)/t12-/m1/s1. The normalized spacial score (nSPS) is 15.7. The molecule has 2 aromatic carbocycles. The number of carbonyl (C=O) groups excluding carboxylic acids is 2. The smallest absolute Gasteiger partial charge is 0.265 e. The third-order valence-electron chi connectivity index (χ3n) is 4.33. The lowest BCUT2D eigenvalue weighted by Gasteiger charge is -2.23. The number of nitrogens with one attached hydrogen (secondary N) is 2. The van der Waals surface area contributed by atoms with Gasteiger partial charge in [-0.25, -0.2) is 4.98 Å². The zero-order chi connectivity index (χ0) is 18.8. The first kappa shape index (κ1) is 17.5. The maximum absolute atomic E-state index is 12.2. The molecule has 27 heavy (non-hydrogen) atoms. The molecule has 6 nitrogen and oxygen atoms in total. The lowest BCUT2D eigenvalue weighted by atomic mass is 10.2. The second-order valence-electron chi connectivity index (χ2n) is 6.44. The van der Waals surface area contributed by atoms with Gasteiger partial charge in [-0.05, 0) is 50.1 Å². The average molecular weight is 381 g/mol. The zero-order valence-corrected chi connectivity index (χ0v) is 15.6. The quantitative estimate of drug-likeness (QED) is 0.701. The van der Waals surface area contributed by atoms with Crippen LogP contribution in [0.1, 0.15) is 24.8 Å². The van der Waals surface area contributed by atoms with Gasteiger partial charge in [-0.3, -0.25) is 9.59 Å². The lowest BCUT2D eigenvalue weighted by molar-refractivity contribution is -0.122. The summed E-state index contributed by atoms with van der Waals surface area (Å²) in [6.45, 7) is 1.69. The molecule has 1 atom stereocenters. The number of fused-ring (bicyclic) bond motifs is 2. The molecule has 0 unspecified atom stereocenters. The topological polar surface area (TPSA) is 80.3 Å². The van der Waals surface area contributed by atoms with Gasteiger partial charge in [0.25, 0.3) is 5.91 Å². The van der Waals surface area contributed by atoms with E-state index in [9.17, 15) is 9.59 Å². The van der Waals surface area contributed by atoms with E-state index in [1.165, 1.54) is 4.70 Å². The van der Waals surface area contributed by atoms with Crippen LogP contribution in [0.3, 0.4) is 0 Å². The lowest BCUT2D eigenvalue weighted by Crippen LogP contribution is -2.34. The highest BCUT2D eigenvalue weighted by atomic mass is 32.1. The Morgan fingerprint density at radius 1 is 1.30 bits per heavy atom. The molecule has 1 aliphatic rings. The highest BCUT2D eigenvalue weighted by Gasteiger charge is 2.23. The Morgan fingerprint density at radius 3 is 3.00 bits per heavy atom. The second-order valence-corrected chi connectivity index (χ2v) is 7.55. The summed E-state index contributed by atoms with van der Waals surface area (Å²) in [5.74, 6) is 0.352. The number of rotatable bonds is 5. The van der Waals surface area contributed by atoms with Crippen LogP contribution in [-0.4, -0.2) is 22.9 Å². The first-order valence-electron chi connectivity index (χ1n) is 8.84. The van der Waals surface area contributed by atoms with E-state index in [4.69, 9.17) is 4.74 Å². The minimum Gasteiger partial charge on any atom is -0.479 e. The third-order valence-corrected chi connectivity index (χ3v) is 5.42. The van der Waals surface area contributed by atoms with E-state index in [1.54, 1.807) is 36.5 Å². The average Bonchev–Trinajstić information content (AvgIpc) is 3.05. The summed E-state index contributed by atoms with van der Waals surface area (Å²) in [6.07, 6.45) is 1.40. The van der Waals surface area contributed by atoms with Crippen molar-refractivity contribution in [2.75, 3.05) is 10.6 Å². The number of para-hydroxylation sites is 1. The van der Waals surface area contributed by atoms with Crippen molar-refractivity contribution in [1.82, 2.24) is 4.98 Å². The maximum atomic E-state index is 12.2. The van der Waals surface area contributed by atoms with E-state index >= 15 is 0 Å². The summed E-state index contributed by atoms with van der Waals surface area (Å²) in [5.41, 5.74) is 2.22. The Balaban J connectivity index is 1.31. The Kier molecular flexibility index (Phi) is 4.77. The van der Waals surface area contributed by atoms with Crippen molar-refractivity contribution in [3.05, 3.63) is 47.5 Å². The Morgan fingerprint density at radius 2 is 2.15 bits per heavy atom. The molecule has 0 spiro atoms. The number of hydrogen-bond acceptors (Lipinski definition) is 5. The van der Waals surface area contributed by atoms with Crippen LogP contribution in [0.2, 0.25) is 0 Å². The number of hydrogen-bond donors (Lipinski definition) is 2. The summed E-state index contributed by atoms with van der Waals surface area (Å²) < 4.78 is 6.68. The predicted octanol–water partition coefficient (Wildman–Crippen LogP) is 3.98. The van der Waals surface area contributed by atoms with Crippen molar-refractivity contribution in [3.63, 3.8) is 0 Å². The molecule has 1 aromatic heterocycles. The van der Waals surface area contributed by atoms with E-state index in [2.05, 4.69) is 21.7 Å². The van der Waals surface area contributed by atoms with Gasteiger partial charge >= 0.3 is 0 Å². The zero-order valence-electron chi connectivity index (χ0n) is 14.8. The van der Waals surface area contributed by atoms with Gasteiger partial charge in [0.15, 0.2) is 6.10 Å². The van der Waals surface area contributed by atoms with Crippen molar-refractivity contribution in [2.24, 2.45) is 0 Å². The van der Waals surface area contributed by atoms with E-state index in [1.807, 2.05) is 18.2 Å². The first-order chi connectivity index (χ1) is 13.1. The van der Waals surface area contributed by atoms with Gasteiger partial charge < -0.3 is 15.4 Å². The van der Waals surface area contributed by atoms with Crippen molar-refractivity contribution in [3.8, 4) is 5.75 Å². The Bertz CT molecular complexity index is 982. The second kappa shape index (κ2) is 7.36. The number of thiazole rings is 1. The van der Waals surface area contributed by atoms with Gasteiger partial charge in [0.1, 0.15) is 5.75 Å². The summed E-state index contributed by atoms with van der Waals surface area (Å²) in [5, 5.41) is 6.69. The molecule has 2 amide bonds. The Hall–Kier alpha value is -2.93. The number of anilines is 2. The van der Waals surface area contributed by atoms with E-state index < -0.39 is 6.10 Å². The van der Waals surface area contributed by atoms with E-state index in [0.29, 0.717) is 23.5 Å². The van der Waals surface area contributed by atoms with Gasteiger partial charge in [0.2, 0.25) is 5.91 Å². The van der Waals surface area contributed by atoms with Crippen LogP contribution in [0.4, 0.5) is 11.4 Å². The molecule has 2 heterocycles. The fraction of sp³-hybridized carbons (Fsp3) is 0.250. The largest absolute Gasteiger partial charge is 0.479 e. The van der Waals surface area contributed by atoms with Gasteiger partial charge in [-0.15, -0.1) is 11.3 Å². The predicted molar refractivity (Wildman–Crippen MR) is 106 cm³/mol. The minimum atomic E-state index is -0.513. The Labute approximate surface area is 160 Å². The SMILES string of the molecule is C[C@H]1Oc2ccc(NC(=O)CCCc3nc4ccccc4s3)cc2NC1=O. The third kappa shape index (κ3) is 3.93. The van der Waals surface area contributed by atoms with Crippen molar-refractivity contribution in [1.29, 1.82) is 0 Å². The molecule has 3 aromatic rings. The van der Waals surface area contributed by atoms with Gasteiger partial charge in [-0.1, -0.05) is 12.1 Å². The number of aryl methyl sites for hydroxylation is 1. The van der Waals surface area contributed by atoms with Crippen molar-refractivity contribution in [2.45, 2.75) is 32.3 Å². The number of amides is 2. The van der Waals surface area contributed by atoms with Gasteiger partial charge in [0, 0.05) is 12.1 Å². The van der Waals surface area contributed by atoms with Crippen LogP contribution in [0, 0.1) is 0 Å².